The average molecular weight is 216 g/mol. The lowest BCUT2D eigenvalue weighted by Gasteiger charge is -2.36. The number of carbonyl (C=O) groups excluding carboxylic acids is 1. The molecule has 0 amide bonds. The van der Waals surface area contributed by atoms with Crippen molar-refractivity contribution in [2.75, 3.05) is 6.61 Å². The van der Waals surface area contributed by atoms with Crippen LogP contribution >= 0.6 is 0 Å². The van der Waals surface area contributed by atoms with E-state index in [1.807, 2.05) is 6.92 Å². The van der Waals surface area contributed by atoms with Crippen LogP contribution in [0.15, 0.2) is 0 Å². The highest BCUT2D eigenvalue weighted by Crippen LogP contribution is 2.36. The largest absolute Gasteiger partial charge is 0.416 e. The Labute approximate surface area is 89.2 Å². The molecule has 0 aliphatic heterocycles. The number of carbonyl (C=O) groups is 1. The SMILES string of the molecule is CCC(C=O)CO[Si](C)(C)C(C)(C)C. The van der Waals surface area contributed by atoms with Gasteiger partial charge in [-0.25, -0.2) is 0 Å². The van der Waals surface area contributed by atoms with Crippen molar-refractivity contribution in [3.8, 4) is 0 Å². The molecule has 0 aromatic carbocycles. The van der Waals surface area contributed by atoms with Crippen molar-refractivity contribution in [1.82, 2.24) is 0 Å². The number of hydrogen-bond acceptors (Lipinski definition) is 2. The summed E-state index contributed by atoms with van der Waals surface area (Å²) in [6.45, 7) is 13.7. The predicted octanol–water partition coefficient (Wildman–Crippen LogP) is 3.23. The fourth-order valence-electron chi connectivity index (χ4n) is 0.785. The number of hydrogen-bond donors (Lipinski definition) is 0. The van der Waals surface area contributed by atoms with E-state index in [-0.39, 0.29) is 11.0 Å². The smallest absolute Gasteiger partial charge is 0.192 e. The lowest BCUT2D eigenvalue weighted by atomic mass is 10.1. The van der Waals surface area contributed by atoms with Crippen LogP contribution in [0.3, 0.4) is 0 Å². The molecule has 0 aliphatic rings. The summed E-state index contributed by atoms with van der Waals surface area (Å²) in [5.74, 6) is 0.0733. The van der Waals surface area contributed by atoms with E-state index in [2.05, 4.69) is 33.9 Å². The second kappa shape index (κ2) is 5.08. The van der Waals surface area contributed by atoms with Crippen LogP contribution < -0.4 is 0 Å². The summed E-state index contributed by atoms with van der Waals surface area (Å²) in [5.41, 5.74) is 0. The summed E-state index contributed by atoms with van der Waals surface area (Å²) in [5, 5.41) is 0.230. The van der Waals surface area contributed by atoms with Crippen molar-refractivity contribution < 1.29 is 9.22 Å². The molecule has 0 saturated carbocycles. The van der Waals surface area contributed by atoms with Gasteiger partial charge in [0.15, 0.2) is 8.32 Å². The molecule has 1 atom stereocenters. The third-order valence-electron chi connectivity index (χ3n) is 3.18. The molecule has 1 unspecified atom stereocenters. The molecule has 3 heteroatoms. The zero-order valence-corrected chi connectivity index (χ0v) is 11.4. The summed E-state index contributed by atoms with van der Waals surface area (Å²) in [6, 6.07) is 0. The van der Waals surface area contributed by atoms with Gasteiger partial charge in [0.1, 0.15) is 6.29 Å². The van der Waals surface area contributed by atoms with Crippen LogP contribution in [0.2, 0.25) is 18.1 Å². The molecule has 0 N–H and O–H groups in total. The van der Waals surface area contributed by atoms with Gasteiger partial charge in [0.05, 0.1) is 0 Å². The van der Waals surface area contributed by atoms with Crippen LogP contribution in [0.25, 0.3) is 0 Å². The quantitative estimate of drug-likeness (QED) is 0.521. The van der Waals surface area contributed by atoms with Gasteiger partial charge < -0.3 is 9.22 Å². The van der Waals surface area contributed by atoms with Gasteiger partial charge in [0, 0.05) is 12.5 Å². The fraction of sp³-hybridized carbons (Fsp3) is 0.909. The van der Waals surface area contributed by atoms with Crippen LogP contribution in [0.5, 0.6) is 0 Å². The number of aldehydes is 1. The molecular formula is C11H24O2Si. The van der Waals surface area contributed by atoms with Crippen LogP contribution in [0.4, 0.5) is 0 Å². The van der Waals surface area contributed by atoms with Crippen molar-refractivity contribution in [2.45, 2.75) is 52.2 Å². The maximum Gasteiger partial charge on any atom is 0.192 e. The minimum absolute atomic E-state index is 0.0733. The van der Waals surface area contributed by atoms with E-state index in [4.69, 9.17) is 4.43 Å². The predicted molar refractivity (Wildman–Crippen MR) is 63.0 cm³/mol. The summed E-state index contributed by atoms with van der Waals surface area (Å²) in [6.07, 6.45) is 1.88. The third-order valence-corrected chi connectivity index (χ3v) is 7.68. The first-order chi connectivity index (χ1) is 6.24. The normalized spacial score (nSPS) is 15.3. The van der Waals surface area contributed by atoms with Crippen LogP contribution in [-0.4, -0.2) is 21.2 Å². The first-order valence-electron chi connectivity index (χ1n) is 5.34. The molecule has 0 saturated heterocycles. The highest BCUT2D eigenvalue weighted by molar-refractivity contribution is 6.74. The Morgan fingerprint density at radius 1 is 1.36 bits per heavy atom. The van der Waals surface area contributed by atoms with Gasteiger partial charge in [-0.05, 0) is 24.6 Å². The molecule has 0 aromatic rings. The van der Waals surface area contributed by atoms with E-state index in [1.165, 1.54) is 0 Å². The summed E-state index contributed by atoms with van der Waals surface area (Å²) in [7, 11) is -1.66. The van der Waals surface area contributed by atoms with Crippen LogP contribution in [0, 0.1) is 5.92 Å². The Hall–Kier alpha value is -0.153. The molecule has 0 aromatic heterocycles. The lowest BCUT2D eigenvalue weighted by molar-refractivity contribution is -0.112. The zero-order chi connectivity index (χ0) is 11.4. The van der Waals surface area contributed by atoms with E-state index in [9.17, 15) is 4.79 Å². The molecule has 0 bridgehead atoms. The zero-order valence-electron chi connectivity index (χ0n) is 10.4. The maximum atomic E-state index is 10.6. The maximum absolute atomic E-state index is 10.6. The standard InChI is InChI=1S/C11H24O2Si/c1-7-10(8-12)9-13-14(5,6)11(2,3)4/h8,10H,7,9H2,1-6H3. The highest BCUT2D eigenvalue weighted by atomic mass is 28.4. The van der Waals surface area contributed by atoms with Crippen molar-refractivity contribution in [1.29, 1.82) is 0 Å². The Bertz CT molecular complexity index is 182. The molecule has 0 rings (SSSR count). The Morgan fingerprint density at radius 2 is 1.86 bits per heavy atom. The minimum Gasteiger partial charge on any atom is -0.416 e. The van der Waals surface area contributed by atoms with E-state index in [1.54, 1.807) is 0 Å². The van der Waals surface area contributed by atoms with Gasteiger partial charge in [0.2, 0.25) is 0 Å². The minimum atomic E-state index is -1.66. The summed E-state index contributed by atoms with van der Waals surface area (Å²) in [4.78, 5) is 10.6. The summed E-state index contributed by atoms with van der Waals surface area (Å²) < 4.78 is 5.95. The Kier molecular flexibility index (Phi) is 5.02. The average Bonchev–Trinajstić information content (AvgIpc) is 2.04. The van der Waals surface area contributed by atoms with Gasteiger partial charge in [-0.2, -0.15) is 0 Å². The highest BCUT2D eigenvalue weighted by Gasteiger charge is 2.37. The molecule has 2 nitrogen and oxygen atoms in total. The van der Waals surface area contributed by atoms with E-state index >= 15 is 0 Å². The monoisotopic (exact) mass is 216 g/mol. The second-order valence-corrected chi connectivity index (χ2v) is 10.2. The molecule has 0 radical (unpaired) electrons. The second-order valence-electron chi connectivity index (χ2n) is 5.38. The molecule has 0 spiro atoms. The van der Waals surface area contributed by atoms with Crippen molar-refractivity contribution in [3.05, 3.63) is 0 Å². The van der Waals surface area contributed by atoms with Crippen molar-refractivity contribution >= 4 is 14.6 Å². The van der Waals surface area contributed by atoms with Crippen molar-refractivity contribution in [2.24, 2.45) is 5.92 Å². The molecule has 0 aliphatic carbocycles. The molecule has 14 heavy (non-hydrogen) atoms. The van der Waals surface area contributed by atoms with Gasteiger partial charge in [-0.15, -0.1) is 0 Å². The lowest BCUT2D eigenvalue weighted by Crippen LogP contribution is -2.42. The molecule has 0 heterocycles. The van der Waals surface area contributed by atoms with Gasteiger partial charge in [-0.1, -0.05) is 27.7 Å². The molecular weight excluding hydrogens is 192 g/mol. The van der Waals surface area contributed by atoms with E-state index in [0.717, 1.165) is 12.7 Å². The van der Waals surface area contributed by atoms with Crippen LogP contribution in [-0.2, 0) is 9.22 Å². The van der Waals surface area contributed by atoms with Gasteiger partial charge in [-0.3, -0.25) is 0 Å². The fourth-order valence-corrected chi connectivity index (χ4v) is 1.85. The van der Waals surface area contributed by atoms with Crippen molar-refractivity contribution in [3.63, 3.8) is 0 Å². The Balaban J connectivity index is 4.18. The molecule has 0 fully saturated rings. The Morgan fingerprint density at radius 3 is 2.14 bits per heavy atom. The van der Waals surface area contributed by atoms with E-state index in [0.29, 0.717) is 6.61 Å². The van der Waals surface area contributed by atoms with Gasteiger partial charge in [0.25, 0.3) is 0 Å². The topological polar surface area (TPSA) is 26.3 Å². The first kappa shape index (κ1) is 13.8. The third kappa shape index (κ3) is 3.92. The first-order valence-corrected chi connectivity index (χ1v) is 8.24. The number of rotatable bonds is 5. The van der Waals surface area contributed by atoms with E-state index < -0.39 is 8.32 Å². The summed E-state index contributed by atoms with van der Waals surface area (Å²) >= 11 is 0. The van der Waals surface area contributed by atoms with Gasteiger partial charge >= 0.3 is 0 Å². The molecule has 84 valence electrons. The van der Waals surface area contributed by atoms with Crippen LogP contribution in [0.1, 0.15) is 34.1 Å².